The molecule has 122 valence electrons. The molecule has 0 amide bonds. The first-order chi connectivity index (χ1) is 11.2. The number of hydrogen-bond acceptors (Lipinski definition) is 4. The van der Waals surface area contributed by atoms with Gasteiger partial charge < -0.3 is 14.8 Å². The largest absolute Gasteiger partial charge is 0.480 e. The van der Waals surface area contributed by atoms with Crippen LogP contribution < -0.4 is 0 Å². The van der Waals surface area contributed by atoms with Crippen molar-refractivity contribution in [3.8, 4) is 11.1 Å². The van der Waals surface area contributed by atoms with Crippen molar-refractivity contribution in [1.29, 1.82) is 0 Å². The fraction of sp³-hybridized carbons (Fsp3) is 0.125. The Kier molecular flexibility index (Phi) is 3.64. The number of halogens is 1. The predicted octanol–water partition coefficient (Wildman–Crippen LogP) is 2.39. The van der Waals surface area contributed by atoms with Gasteiger partial charge in [-0.2, -0.15) is 0 Å². The number of rotatable bonds is 3. The number of carboxylic acids is 2. The maximum atomic E-state index is 12.5. The number of aromatic nitrogens is 1. The molecule has 8 heteroatoms. The average molecular weight is 392 g/mol. The lowest BCUT2D eigenvalue weighted by Crippen LogP contribution is -2.25. The first-order valence-corrected chi connectivity index (χ1v) is 7.60. The van der Waals surface area contributed by atoms with Crippen molar-refractivity contribution in [2.45, 2.75) is 13.5 Å². The number of aromatic carboxylic acids is 1. The van der Waals surface area contributed by atoms with Crippen LogP contribution >= 0.6 is 15.9 Å². The zero-order chi connectivity index (χ0) is 17.8. The summed E-state index contributed by atoms with van der Waals surface area (Å²) in [5.41, 5.74) is 0.236. The van der Waals surface area contributed by atoms with Gasteiger partial charge in [-0.1, -0.05) is 15.9 Å². The second-order valence-electron chi connectivity index (χ2n) is 5.32. The highest BCUT2D eigenvalue weighted by atomic mass is 79.9. The van der Waals surface area contributed by atoms with Gasteiger partial charge in [0, 0.05) is 21.3 Å². The minimum absolute atomic E-state index is 0.0853. The van der Waals surface area contributed by atoms with Gasteiger partial charge in [-0.25, -0.2) is 4.79 Å². The Morgan fingerprint density at radius 3 is 2.38 bits per heavy atom. The summed E-state index contributed by atoms with van der Waals surface area (Å²) >= 11 is 3.26. The first kappa shape index (κ1) is 16.1. The molecule has 0 unspecified atom stereocenters. The Labute approximate surface area is 143 Å². The summed E-state index contributed by atoms with van der Waals surface area (Å²) in [5.74, 6) is -4.23. The van der Waals surface area contributed by atoms with E-state index in [1.807, 2.05) is 0 Å². The Hall–Kier alpha value is -2.74. The number of fused-ring (bicyclic) bond motifs is 3. The highest BCUT2D eigenvalue weighted by Gasteiger charge is 2.39. The monoisotopic (exact) mass is 391 g/mol. The normalized spacial score (nSPS) is 12.8. The number of aliphatic carboxylic acids is 1. The molecule has 0 fully saturated rings. The molecule has 1 aliphatic carbocycles. The number of Topliss-reactive ketones (excluding diaryl/α,β-unsaturated/α-hetero) is 2. The molecule has 0 spiro atoms. The van der Waals surface area contributed by atoms with Crippen molar-refractivity contribution in [2.75, 3.05) is 0 Å². The number of carboxylic acid groups (broad SMARTS) is 2. The lowest BCUT2D eigenvalue weighted by atomic mass is 9.86. The average Bonchev–Trinajstić information content (AvgIpc) is 2.77. The molecule has 0 atom stereocenters. The third kappa shape index (κ3) is 2.18. The molecule has 0 aliphatic heterocycles. The quantitative estimate of drug-likeness (QED) is 0.776. The third-order valence-electron chi connectivity index (χ3n) is 3.95. The SMILES string of the molecule is Cc1c(C(=O)O)c2c(n1CC(=O)O)C(=O)C(=O)c1ccc(Br)cc1-2. The van der Waals surface area contributed by atoms with Crippen LogP contribution in [0.5, 0.6) is 0 Å². The van der Waals surface area contributed by atoms with Gasteiger partial charge in [0.25, 0.3) is 5.78 Å². The molecule has 1 heterocycles. The van der Waals surface area contributed by atoms with E-state index in [0.717, 1.165) is 4.57 Å². The van der Waals surface area contributed by atoms with Crippen molar-refractivity contribution >= 4 is 39.4 Å². The van der Waals surface area contributed by atoms with E-state index in [2.05, 4.69) is 15.9 Å². The Morgan fingerprint density at radius 1 is 1.12 bits per heavy atom. The number of hydrogen-bond donors (Lipinski definition) is 2. The minimum atomic E-state index is -1.29. The summed E-state index contributed by atoms with van der Waals surface area (Å²) in [7, 11) is 0. The van der Waals surface area contributed by atoms with E-state index in [9.17, 15) is 24.3 Å². The Balaban J connectivity index is 2.48. The highest BCUT2D eigenvalue weighted by Crippen LogP contribution is 2.40. The summed E-state index contributed by atoms with van der Waals surface area (Å²) < 4.78 is 1.68. The van der Waals surface area contributed by atoms with Crippen LogP contribution in [-0.2, 0) is 11.3 Å². The molecule has 0 saturated carbocycles. The summed E-state index contributed by atoms with van der Waals surface area (Å²) in [5, 5.41) is 18.6. The Bertz CT molecular complexity index is 956. The lowest BCUT2D eigenvalue weighted by molar-refractivity contribution is -0.137. The van der Waals surface area contributed by atoms with Crippen LogP contribution in [0.4, 0.5) is 0 Å². The molecule has 1 aromatic heterocycles. The fourth-order valence-electron chi connectivity index (χ4n) is 2.98. The number of ketones is 2. The molecule has 2 N–H and O–H groups in total. The molecule has 3 rings (SSSR count). The van der Waals surface area contributed by atoms with E-state index >= 15 is 0 Å². The zero-order valence-electron chi connectivity index (χ0n) is 12.3. The van der Waals surface area contributed by atoms with E-state index in [-0.39, 0.29) is 28.1 Å². The zero-order valence-corrected chi connectivity index (χ0v) is 13.9. The summed E-state index contributed by atoms with van der Waals surface area (Å²) in [6.07, 6.45) is 0. The number of carbonyl (C=O) groups is 4. The maximum Gasteiger partial charge on any atom is 0.338 e. The highest BCUT2D eigenvalue weighted by molar-refractivity contribution is 9.10. The van der Waals surface area contributed by atoms with Gasteiger partial charge in [-0.05, 0) is 30.7 Å². The van der Waals surface area contributed by atoms with Gasteiger partial charge in [0.2, 0.25) is 5.78 Å². The molecular weight excluding hydrogens is 382 g/mol. The fourth-order valence-corrected chi connectivity index (χ4v) is 3.34. The van der Waals surface area contributed by atoms with Gasteiger partial charge in [0.15, 0.2) is 0 Å². The van der Waals surface area contributed by atoms with Crippen LogP contribution in [-0.4, -0.2) is 38.3 Å². The smallest absolute Gasteiger partial charge is 0.338 e. The van der Waals surface area contributed by atoms with Gasteiger partial charge in [-0.3, -0.25) is 14.4 Å². The second kappa shape index (κ2) is 5.41. The number of carbonyl (C=O) groups excluding carboxylic acids is 2. The summed E-state index contributed by atoms with van der Waals surface area (Å²) in [4.78, 5) is 47.6. The maximum absolute atomic E-state index is 12.5. The van der Waals surface area contributed by atoms with Crippen LogP contribution in [0.2, 0.25) is 0 Å². The van der Waals surface area contributed by atoms with Gasteiger partial charge in [-0.15, -0.1) is 0 Å². The topological polar surface area (TPSA) is 114 Å². The summed E-state index contributed by atoms with van der Waals surface area (Å²) in [6, 6.07) is 4.57. The van der Waals surface area contributed by atoms with E-state index < -0.39 is 30.0 Å². The molecule has 0 bridgehead atoms. The first-order valence-electron chi connectivity index (χ1n) is 6.81. The van der Waals surface area contributed by atoms with Crippen LogP contribution in [0.15, 0.2) is 22.7 Å². The van der Waals surface area contributed by atoms with Crippen molar-refractivity contribution in [3.05, 3.63) is 45.2 Å². The number of nitrogens with zero attached hydrogens (tertiary/aromatic N) is 1. The van der Waals surface area contributed by atoms with Crippen LogP contribution in [0.3, 0.4) is 0 Å². The molecule has 0 radical (unpaired) electrons. The molecule has 7 nitrogen and oxygen atoms in total. The van der Waals surface area contributed by atoms with Gasteiger partial charge in [0.05, 0.1) is 5.56 Å². The van der Waals surface area contributed by atoms with Crippen LogP contribution in [0.1, 0.15) is 36.9 Å². The van der Waals surface area contributed by atoms with E-state index in [4.69, 9.17) is 5.11 Å². The molecular formula is C16H10BrNO6. The van der Waals surface area contributed by atoms with Gasteiger partial charge >= 0.3 is 11.9 Å². The van der Waals surface area contributed by atoms with E-state index in [1.54, 1.807) is 12.1 Å². The van der Waals surface area contributed by atoms with Crippen molar-refractivity contribution in [2.24, 2.45) is 0 Å². The third-order valence-corrected chi connectivity index (χ3v) is 4.44. The molecule has 1 aromatic carbocycles. The Morgan fingerprint density at radius 2 is 1.79 bits per heavy atom. The van der Waals surface area contributed by atoms with E-state index in [1.165, 1.54) is 13.0 Å². The predicted molar refractivity (Wildman–Crippen MR) is 85.6 cm³/mol. The molecule has 0 saturated heterocycles. The molecule has 24 heavy (non-hydrogen) atoms. The standard InChI is InChI=1S/C16H10BrNO6/c1-6-11(16(23)24)12-9-4-7(17)2-3-8(9)14(21)15(22)13(12)18(6)5-10(19)20/h2-4H,5H2,1H3,(H,19,20)(H,23,24). The summed E-state index contributed by atoms with van der Waals surface area (Å²) in [6.45, 7) is 0.809. The molecule has 2 aromatic rings. The van der Waals surface area contributed by atoms with Crippen molar-refractivity contribution in [3.63, 3.8) is 0 Å². The van der Waals surface area contributed by atoms with Gasteiger partial charge in [0.1, 0.15) is 12.2 Å². The van der Waals surface area contributed by atoms with Crippen molar-refractivity contribution < 1.29 is 29.4 Å². The minimum Gasteiger partial charge on any atom is -0.480 e. The second-order valence-corrected chi connectivity index (χ2v) is 6.23. The van der Waals surface area contributed by atoms with E-state index in [0.29, 0.717) is 10.0 Å². The number of benzene rings is 1. The lowest BCUT2D eigenvalue weighted by Gasteiger charge is -2.17. The molecule has 1 aliphatic rings. The van der Waals surface area contributed by atoms with Crippen LogP contribution in [0, 0.1) is 6.92 Å². The van der Waals surface area contributed by atoms with Crippen molar-refractivity contribution in [1.82, 2.24) is 4.57 Å². The van der Waals surface area contributed by atoms with Crippen LogP contribution in [0.25, 0.3) is 11.1 Å².